The average Bonchev–Trinajstić information content (AvgIpc) is 3.46. The first-order valence-corrected chi connectivity index (χ1v) is 15.2. The zero-order chi connectivity index (χ0) is 31.9. The lowest BCUT2D eigenvalue weighted by atomic mass is 10.0. The lowest BCUT2D eigenvalue weighted by molar-refractivity contribution is -0.137. The topological polar surface area (TPSA) is 180 Å². The lowest BCUT2D eigenvalue weighted by Crippen LogP contribution is -2.42. The van der Waals surface area contributed by atoms with Crippen LogP contribution < -0.4 is 21.3 Å². The Balaban J connectivity index is 1.24. The van der Waals surface area contributed by atoms with E-state index in [1.54, 1.807) is 36.4 Å². The Kier molecular flexibility index (Phi) is 9.49. The molecule has 1 aliphatic heterocycles. The molecule has 13 nitrogen and oxygen atoms in total. The quantitative estimate of drug-likeness (QED) is 0.115. The van der Waals surface area contributed by atoms with Crippen molar-refractivity contribution in [3.8, 4) is 6.07 Å². The fraction of sp³-hybridized carbons (Fsp3) is 0.250. The maximum Gasteiger partial charge on any atom is 0.326 e. The van der Waals surface area contributed by atoms with Crippen molar-refractivity contribution < 1.29 is 9.90 Å². The predicted molar refractivity (Wildman–Crippen MR) is 176 cm³/mol. The molecule has 6 N–H and O–H groups in total. The van der Waals surface area contributed by atoms with Gasteiger partial charge in [0.25, 0.3) is 0 Å². The van der Waals surface area contributed by atoms with Crippen molar-refractivity contribution in [1.29, 1.82) is 5.26 Å². The molecule has 234 valence electrons. The predicted octanol–water partition coefficient (Wildman–Crippen LogP) is 4.14. The van der Waals surface area contributed by atoms with E-state index in [0.717, 1.165) is 60.6 Å². The van der Waals surface area contributed by atoms with E-state index in [1.807, 2.05) is 18.2 Å². The van der Waals surface area contributed by atoms with Gasteiger partial charge in [-0.25, -0.2) is 9.78 Å². The second-order valence-electron chi connectivity index (χ2n) is 10.9. The third kappa shape index (κ3) is 8.05. The summed E-state index contributed by atoms with van der Waals surface area (Å²) >= 11 is 6.13. The van der Waals surface area contributed by atoms with Gasteiger partial charge < -0.3 is 31.4 Å². The average molecular weight is 638 g/mol. The van der Waals surface area contributed by atoms with Crippen LogP contribution in [0.25, 0.3) is 11.0 Å². The zero-order valence-corrected chi connectivity index (χ0v) is 25.6. The fourth-order valence-electron chi connectivity index (χ4n) is 5.17. The number of halogens is 1. The Morgan fingerprint density at radius 1 is 0.978 bits per heavy atom. The molecule has 0 amide bonds. The lowest BCUT2D eigenvalue weighted by Gasteiger charge is -2.27. The van der Waals surface area contributed by atoms with Gasteiger partial charge in [0.1, 0.15) is 11.9 Å². The monoisotopic (exact) mass is 637 g/mol. The third-order valence-electron chi connectivity index (χ3n) is 7.47. The summed E-state index contributed by atoms with van der Waals surface area (Å²) in [5.74, 6) is 0.104. The van der Waals surface area contributed by atoms with Crippen LogP contribution in [0.2, 0.25) is 5.02 Å². The molecule has 3 aromatic carbocycles. The van der Waals surface area contributed by atoms with Crippen LogP contribution >= 0.6 is 11.6 Å². The highest BCUT2D eigenvalue weighted by Crippen LogP contribution is 2.21. The Labute approximate surface area is 270 Å². The Morgan fingerprint density at radius 3 is 2.54 bits per heavy atom. The van der Waals surface area contributed by atoms with E-state index in [9.17, 15) is 9.90 Å². The van der Waals surface area contributed by atoms with Crippen LogP contribution in [0.3, 0.4) is 0 Å². The number of piperazine rings is 1. The van der Waals surface area contributed by atoms with Crippen molar-refractivity contribution in [2.75, 3.05) is 42.1 Å². The minimum absolute atomic E-state index is 0.0782. The number of hydrogen-bond donors (Lipinski definition) is 6. The van der Waals surface area contributed by atoms with E-state index in [-0.39, 0.29) is 30.8 Å². The van der Waals surface area contributed by atoms with Crippen LogP contribution in [0, 0.1) is 11.3 Å². The van der Waals surface area contributed by atoms with Gasteiger partial charge >= 0.3 is 5.97 Å². The van der Waals surface area contributed by atoms with Crippen molar-refractivity contribution in [1.82, 2.24) is 35.1 Å². The number of rotatable bonds is 12. The molecule has 14 heteroatoms. The first-order chi connectivity index (χ1) is 22.4. The van der Waals surface area contributed by atoms with E-state index in [1.165, 1.54) is 0 Å². The molecule has 1 atom stereocenters. The van der Waals surface area contributed by atoms with Crippen molar-refractivity contribution in [2.45, 2.75) is 25.6 Å². The van der Waals surface area contributed by atoms with Crippen LogP contribution in [-0.2, 0) is 24.3 Å². The maximum absolute atomic E-state index is 12.3. The van der Waals surface area contributed by atoms with Crippen molar-refractivity contribution in [3.05, 3.63) is 94.3 Å². The SMILES string of the molecule is N#Cc1ccc(CC(Nc2nc(NCc3nc4ccc(Cl)cc4[nH]3)nc(Nc3cccc(CN4CCNCC4)c3)n2)C(=O)O)cc1. The Morgan fingerprint density at radius 2 is 1.76 bits per heavy atom. The molecular weight excluding hydrogens is 606 g/mol. The number of imidazole rings is 1. The number of aliphatic carboxylic acids is 1. The Bertz CT molecular complexity index is 1870. The number of nitrogens with zero attached hydrogens (tertiary/aromatic N) is 6. The van der Waals surface area contributed by atoms with Crippen LogP contribution in [0.15, 0.2) is 66.7 Å². The van der Waals surface area contributed by atoms with Crippen LogP contribution in [-0.4, -0.2) is 73.1 Å². The molecule has 1 aliphatic rings. The second-order valence-corrected chi connectivity index (χ2v) is 11.3. The highest BCUT2D eigenvalue weighted by atomic mass is 35.5. The van der Waals surface area contributed by atoms with E-state index in [4.69, 9.17) is 16.9 Å². The smallest absolute Gasteiger partial charge is 0.326 e. The number of benzene rings is 3. The highest BCUT2D eigenvalue weighted by molar-refractivity contribution is 6.31. The molecule has 0 spiro atoms. The van der Waals surface area contributed by atoms with Gasteiger partial charge in [-0.15, -0.1) is 0 Å². The van der Waals surface area contributed by atoms with Crippen LogP contribution in [0.1, 0.15) is 22.5 Å². The molecule has 1 saturated heterocycles. The highest BCUT2D eigenvalue weighted by Gasteiger charge is 2.21. The minimum atomic E-state index is -1.07. The van der Waals surface area contributed by atoms with Crippen LogP contribution in [0.4, 0.5) is 23.5 Å². The number of H-pyrrole nitrogens is 1. The van der Waals surface area contributed by atoms with Gasteiger partial charge in [0.15, 0.2) is 0 Å². The molecule has 3 heterocycles. The number of fused-ring (bicyclic) bond motifs is 1. The van der Waals surface area contributed by atoms with Gasteiger partial charge in [-0.05, 0) is 53.6 Å². The summed E-state index contributed by atoms with van der Waals surface area (Å²) in [6, 6.07) is 21.3. The number of nitriles is 1. The molecule has 6 rings (SSSR count). The molecule has 2 aromatic heterocycles. The molecular formula is C32H32ClN11O2. The number of aromatic nitrogens is 5. The first-order valence-electron chi connectivity index (χ1n) is 14.8. The molecule has 5 aromatic rings. The van der Waals surface area contributed by atoms with Gasteiger partial charge in [-0.2, -0.15) is 20.2 Å². The van der Waals surface area contributed by atoms with Crippen LogP contribution in [0.5, 0.6) is 0 Å². The van der Waals surface area contributed by atoms with Gasteiger partial charge in [0.2, 0.25) is 17.8 Å². The van der Waals surface area contributed by atoms with Gasteiger partial charge in [-0.3, -0.25) is 4.90 Å². The second kappa shape index (κ2) is 14.2. The molecule has 0 bridgehead atoms. The summed E-state index contributed by atoms with van der Waals surface area (Å²) in [7, 11) is 0. The summed E-state index contributed by atoms with van der Waals surface area (Å²) in [6.45, 7) is 5.01. The Hall–Kier alpha value is -5.29. The number of carboxylic acids is 1. The molecule has 0 radical (unpaired) electrons. The summed E-state index contributed by atoms with van der Waals surface area (Å²) in [5, 5.41) is 32.5. The standard InChI is InChI=1S/C32H32ClN11O2/c33-23-8-9-25-26(16-23)39-28(38-25)18-36-30-41-31(37-24-3-1-2-22(14-24)19-44-12-10-35-11-13-44)43-32(42-30)40-27(29(45)46)15-20-4-6-21(17-34)7-5-20/h1-9,14,16,27,35H,10-13,15,18-19H2,(H,38,39)(H,45,46)(H3,36,37,40,41,42,43). The molecule has 46 heavy (non-hydrogen) atoms. The normalized spacial score (nSPS) is 14.0. The molecule has 1 unspecified atom stereocenters. The summed E-state index contributed by atoms with van der Waals surface area (Å²) in [4.78, 5) is 36.0. The summed E-state index contributed by atoms with van der Waals surface area (Å²) < 4.78 is 0. The van der Waals surface area contributed by atoms with Gasteiger partial charge in [0, 0.05) is 49.9 Å². The minimum Gasteiger partial charge on any atom is -0.480 e. The van der Waals surface area contributed by atoms with E-state index < -0.39 is 12.0 Å². The van der Waals surface area contributed by atoms with E-state index in [0.29, 0.717) is 16.4 Å². The molecule has 0 aliphatic carbocycles. The van der Waals surface area contributed by atoms with Gasteiger partial charge in [-0.1, -0.05) is 35.9 Å². The summed E-state index contributed by atoms with van der Waals surface area (Å²) in [5.41, 5.74) is 4.76. The van der Waals surface area contributed by atoms with E-state index >= 15 is 0 Å². The molecule has 1 fully saturated rings. The number of hydrogen-bond acceptors (Lipinski definition) is 11. The van der Waals surface area contributed by atoms with Crippen molar-refractivity contribution in [2.24, 2.45) is 0 Å². The number of aromatic amines is 1. The molecule has 0 saturated carbocycles. The number of carboxylic acid groups (broad SMARTS) is 1. The first kappa shape index (κ1) is 30.7. The number of anilines is 4. The zero-order valence-electron chi connectivity index (χ0n) is 24.8. The summed E-state index contributed by atoms with van der Waals surface area (Å²) in [6.07, 6.45) is 0.147. The fourth-order valence-corrected chi connectivity index (χ4v) is 5.34. The largest absolute Gasteiger partial charge is 0.480 e. The van der Waals surface area contributed by atoms with E-state index in [2.05, 4.69) is 69.3 Å². The third-order valence-corrected chi connectivity index (χ3v) is 7.70. The van der Waals surface area contributed by atoms with Crippen molar-refractivity contribution in [3.63, 3.8) is 0 Å². The van der Waals surface area contributed by atoms with Gasteiger partial charge in [0.05, 0.1) is 29.2 Å². The number of nitrogens with one attached hydrogen (secondary N) is 5. The van der Waals surface area contributed by atoms with Crippen molar-refractivity contribution >= 4 is 52.1 Å². The maximum atomic E-state index is 12.3. The number of carbonyl (C=O) groups is 1.